The topological polar surface area (TPSA) is 134 Å². The molecule has 1 saturated heterocycles. The van der Waals surface area contributed by atoms with Gasteiger partial charge in [0.05, 0.1) is 10.2 Å². The van der Waals surface area contributed by atoms with E-state index in [4.69, 9.17) is 14.6 Å². The largest absolute Gasteiger partial charge is 0.490 e. The maximum absolute atomic E-state index is 12.8. The lowest BCUT2D eigenvalue weighted by molar-refractivity contribution is -0.139. The number of nitrogens with zero attached hydrogens (tertiary/aromatic N) is 1. The molecule has 3 rings (SSSR count). The Morgan fingerprint density at radius 2 is 1.91 bits per heavy atom. The maximum atomic E-state index is 12.8. The quantitative estimate of drug-likeness (QED) is 0.219. The Labute approximate surface area is 215 Å². The van der Waals surface area contributed by atoms with Crippen LogP contribution in [-0.2, 0) is 20.8 Å². The van der Waals surface area contributed by atoms with Crippen molar-refractivity contribution < 1.29 is 33.8 Å². The minimum absolute atomic E-state index is 0.00536. The maximum Gasteiger partial charge on any atom is 0.341 e. The van der Waals surface area contributed by atoms with E-state index in [9.17, 15) is 19.2 Å². The molecule has 2 aromatic rings. The number of halogens is 1. The Hall–Kier alpha value is -3.61. The van der Waals surface area contributed by atoms with Crippen LogP contribution >= 0.6 is 22.6 Å². The summed E-state index contributed by atoms with van der Waals surface area (Å²) in [4.78, 5) is 49.5. The third-order valence-electron chi connectivity index (χ3n) is 4.92. The molecule has 10 nitrogen and oxygen atoms in total. The third-order valence-corrected chi connectivity index (χ3v) is 5.72. The summed E-state index contributed by atoms with van der Waals surface area (Å²) in [5.41, 5.74) is 2.08. The van der Waals surface area contributed by atoms with Gasteiger partial charge in [-0.15, -0.1) is 0 Å². The van der Waals surface area contributed by atoms with Crippen LogP contribution in [0.15, 0.2) is 42.1 Å². The molecule has 0 bridgehead atoms. The number of carbonyl (C=O) groups excluding carboxylic acids is 3. The van der Waals surface area contributed by atoms with Crippen LogP contribution in [0.25, 0.3) is 6.08 Å². The molecular weight excluding hydrogens is 569 g/mol. The molecule has 184 valence electrons. The van der Waals surface area contributed by atoms with Crippen LogP contribution in [0.1, 0.15) is 25.0 Å². The lowest BCUT2D eigenvalue weighted by Gasteiger charge is -2.14. The first-order valence-electron chi connectivity index (χ1n) is 10.8. The minimum Gasteiger partial charge on any atom is -0.490 e. The third kappa shape index (κ3) is 6.50. The van der Waals surface area contributed by atoms with Crippen molar-refractivity contribution in [1.29, 1.82) is 0 Å². The van der Waals surface area contributed by atoms with Crippen molar-refractivity contribution in [2.75, 3.05) is 25.1 Å². The molecule has 0 aliphatic carbocycles. The SMILES string of the molecule is CCOc1cc(/C=C2/NC(=O)N(CC(=O)Nc3ccccc3CC)C2=O)cc(I)c1OCC(=O)O. The predicted octanol–water partition coefficient (Wildman–Crippen LogP) is 3.25. The highest BCUT2D eigenvalue weighted by Crippen LogP contribution is 2.35. The van der Waals surface area contributed by atoms with Crippen molar-refractivity contribution in [3.05, 3.63) is 56.8 Å². The molecule has 1 aliphatic rings. The first-order valence-corrected chi connectivity index (χ1v) is 11.8. The van der Waals surface area contributed by atoms with E-state index >= 15 is 0 Å². The zero-order valence-corrected chi connectivity index (χ0v) is 21.2. The van der Waals surface area contributed by atoms with Gasteiger partial charge in [-0.05, 0) is 71.3 Å². The normalized spacial score (nSPS) is 14.1. The van der Waals surface area contributed by atoms with Gasteiger partial charge in [0.25, 0.3) is 5.91 Å². The summed E-state index contributed by atoms with van der Waals surface area (Å²) in [5, 5.41) is 14.1. The molecule has 0 aromatic heterocycles. The number of aliphatic carboxylic acids is 1. The van der Waals surface area contributed by atoms with Gasteiger partial charge in [0, 0.05) is 5.69 Å². The van der Waals surface area contributed by atoms with E-state index < -0.39 is 37.0 Å². The number of imide groups is 1. The zero-order chi connectivity index (χ0) is 25.5. The van der Waals surface area contributed by atoms with E-state index in [0.717, 1.165) is 16.9 Å². The highest BCUT2D eigenvalue weighted by molar-refractivity contribution is 14.1. The van der Waals surface area contributed by atoms with E-state index in [-0.39, 0.29) is 11.4 Å². The van der Waals surface area contributed by atoms with Crippen LogP contribution in [0.5, 0.6) is 11.5 Å². The van der Waals surface area contributed by atoms with E-state index in [2.05, 4.69) is 10.6 Å². The zero-order valence-electron chi connectivity index (χ0n) is 19.1. The highest BCUT2D eigenvalue weighted by Gasteiger charge is 2.35. The lowest BCUT2D eigenvalue weighted by atomic mass is 10.1. The van der Waals surface area contributed by atoms with Gasteiger partial charge in [-0.25, -0.2) is 14.5 Å². The molecule has 4 amide bonds. The molecule has 0 radical (unpaired) electrons. The number of hydrogen-bond acceptors (Lipinski definition) is 6. The molecule has 35 heavy (non-hydrogen) atoms. The number of benzene rings is 2. The molecule has 0 saturated carbocycles. The van der Waals surface area contributed by atoms with Crippen LogP contribution in [0.3, 0.4) is 0 Å². The molecule has 1 aliphatic heterocycles. The van der Waals surface area contributed by atoms with Gasteiger partial charge in [0.15, 0.2) is 18.1 Å². The van der Waals surface area contributed by atoms with Crippen molar-refractivity contribution in [2.45, 2.75) is 20.3 Å². The van der Waals surface area contributed by atoms with Gasteiger partial charge in [-0.1, -0.05) is 25.1 Å². The highest BCUT2D eigenvalue weighted by atomic mass is 127. The van der Waals surface area contributed by atoms with Crippen LogP contribution < -0.4 is 20.1 Å². The number of amides is 4. The fraction of sp³-hybridized carbons (Fsp3) is 0.250. The Morgan fingerprint density at radius 1 is 1.17 bits per heavy atom. The van der Waals surface area contributed by atoms with Gasteiger partial charge in [0.1, 0.15) is 12.2 Å². The van der Waals surface area contributed by atoms with Crippen LogP contribution in [0, 0.1) is 3.57 Å². The Morgan fingerprint density at radius 3 is 2.60 bits per heavy atom. The molecule has 0 spiro atoms. The summed E-state index contributed by atoms with van der Waals surface area (Å²) in [6.45, 7) is 3.05. The Balaban J connectivity index is 1.77. The fourth-order valence-corrected chi connectivity index (χ4v) is 4.16. The fourth-order valence-electron chi connectivity index (χ4n) is 3.37. The molecular formula is C24H24IN3O7. The number of ether oxygens (including phenoxy) is 2. The lowest BCUT2D eigenvalue weighted by Crippen LogP contribution is -2.38. The first-order chi connectivity index (χ1) is 16.7. The van der Waals surface area contributed by atoms with Gasteiger partial charge in [0.2, 0.25) is 5.91 Å². The van der Waals surface area contributed by atoms with Gasteiger partial charge >= 0.3 is 12.0 Å². The Kier molecular flexibility index (Phi) is 8.68. The number of para-hydroxylation sites is 1. The number of anilines is 1. The van der Waals surface area contributed by atoms with Gasteiger partial charge < -0.3 is 25.2 Å². The second-order valence-electron chi connectivity index (χ2n) is 7.38. The monoisotopic (exact) mass is 593 g/mol. The second-order valence-corrected chi connectivity index (χ2v) is 8.55. The van der Waals surface area contributed by atoms with Crippen molar-refractivity contribution in [1.82, 2.24) is 10.2 Å². The number of urea groups is 1. The van der Waals surface area contributed by atoms with Crippen molar-refractivity contribution in [3.8, 4) is 11.5 Å². The molecule has 0 atom stereocenters. The molecule has 3 N–H and O–H groups in total. The molecule has 1 fully saturated rings. The molecule has 0 unspecified atom stereocenters. The van der Waals surface area contributed by atoms with E-state index in [0.29, 0.717) is 27.2 Å². The van der Waals surface area contributed by atoms with E-state index in [1.54, 1.807) is 31.2 Å². The van der Waals surface area contributed by atoms with E-state index in [1.807, 2.05) is 41.6 Å². The van der Waals surface area contributed by atoms with Crippen molar-refractivity contribution in [2.24, 2.45) is 0 Å². The molecule has 2 aromatic carbocycles. The summed E-state index contributed by atoms with van der Waals surface area (Å²) in [5.74, 6) is -1.70. The van der Waals surface area contributed by atoms with Crippen LogP contribution in [-0.4, -0.2) is 53.6 Å². The van der Waals surface area contributed by atoms with Crippen LogP contribution in [0.4, 0.5) is 10.5 Å². The summed E-state index contributed by atoms with van der Waals surface area (Å²) >= 11 is 1.97. The van der Waals surface area contributed by atoms with Crippen LogP contribution in [0.2, 0.25) is 0 Å². The number of carboxylic acid groups (broad SMARTS) is 1. The summed E-state index contributed by atoms with van der Waals surface area (Å²) < 4.78 is 11.5. The van der Waals surface area contributed by atoms with E-state index in [1.165, 1.54) is 6.08 Å². The number of rotatable bonds is 10. The average molecular weight is 593 g/mol. The number of carboxylic acids is 1. The molecule has 1 heterocycles. The summed E-state index contributed by atoms with van der Waals surface area (Å²) in [6, 6.07) is 9.83. The first kappa shape index (κ1) is 26.0. The Bertz CT molecular complexity index is 1200. The average Bonchev–Trinajstić information content (AvgIpc) is 3.06. The minimum atomic E-state index is -1.13. The van der Waals surface area contributed by atoms with Crippen molar-refractivity contribution in [3.63, 3.8) is 0 Å². The second kappa shape index (κ2) is 11.7. The standard InChI is InChI=1S/C24H24IN3O7/c1-3-15-7-5-6-8-17(15)26-20(29)12-28-23(32)18(27-24(28)33)10-14-9-16(25)22(35-13-21(30)31)19(11-14)34-4-2/h5-11H,3-4,12-13H2,1-2H3,(H,26,29)(H,27,33)(H,30,31)/b18-10+. The van der Waals surface area contributed by atoms with Gasteiger partial charge in [-0.3, -0.25) is 9.59 Å². The predicted molar refractivity (Wildman–Crippen MR) is 136 cm³/mol. The number of carbonyl (C=O) groups is 4. The number of aryl methyl sites for hydroxylation is 1. The number of nitrogens with one attached hydrogen (secondary N) is 2. The van der Waals surface area contributed by atoms with Crippen molar-refractivity contribution >= 4 is 58.2 Å². The smallest absolute Gasteiger partial charge is 0.341 e. The summed E-state index contributed by atoms with van der Waals surface area (Å²) in [6.07, 6.45) is 2.17. The summed E-state index contributed by atoms with van der Waals surface area (Å²) in [7, 11) is 0. The number of hydrogen-bond donors (Lipinski definition) is 3. The molecule has 11 heteroatoms. The van der Waals surface area contributed by atoms with Gasteiger partial charge in [-0.2, -0.15) is 0 Å².